The number of nitrogens with one attached hydrogen (secondary N) is 1. The molecule has 148 valence electrons. The lowest BCUT2D eigenvalue weighted by atomic mass is 10.2. The summed E-state index contributed by atoms with van der Waals surface area (Å²) in [5, 5.41) is 11.0. The van der Waals surface area contributed by atoms with Crippen molar-refractivity contribution in [1.29, 1.82) is 0 Å². The van der Waals surface area contributed by atoms with Gasteiger partial charge in [0.1, 0.15) is 18.1 Å². The van der Waals surface area contributed by atoms with E-state index >= 15 is 0 Å². The molecule has 1 amide bonds. The van der Waals surface area contributed by atoms with Gasteiger partial charge in [-0.05, 0) is 44.5 Å². The van der Waals surface area contributed by atoms with Crippen LogP contribution in [0.3, 0.4) is 0 Å². The Balaban J connectivity index is 1.72. The Morgan fingerprint density at radius 1 is 1.11 bits per heavy atom. The fraction of sp³-hybridized carbons (Fsp3) is 0.316. The molecule has 2 aromatic heterocycles. The van der Waals surface area contributed by atoms with E-state index in [1.165, 1.54) is 22.9 Å². The zero-order valence-corrected chi connectivity index (χ0v) is 15.7. The first-order valence-corrected chi connectivity index (χ1v) is 8.65. The highest BCUT2D eigenvalue weighted by Gasteiger charge is 2.18. The Hall–Kier alpha value is -3.10. The number of carbonyl (C=O) groups is 1. The molecule has 3 aromatic rings. The van der Waals surface area contributed by atoms with Crippen LogP contribution in [0.1, 0.15) is 34.8 Å². The van der Waals surface area contributed by atoms with Gasteiger partial charge in [-0.15, -0.1) is 0 Å². The quantitative estimate of drug-likeness (QED) is 0.696. The molecule has 1 aromatic carbocycles. The summed E-state index contributed by atoms with van der Waals surface area (Å²) < 4.78 is 41.5. The van der Waals surface area contributed by atoms with Crippen LogP contribution in [0.25, 0.3) is 0 Å². The van der Waals surface area contributed by atoms with E-state index in [0.29, 0.717) is 23.6 Å². The van der Waals surface area contributed by atoms with Crippen molar-refractivity contribution in [2.45, 2.75) is 40.3 Å². The molecule has 2 heterocycles. The Morgan fingerprint density at radius 3 is 2.39 bits per heavy atom. The van der Waals surface area contributed by atoms with Crippen molar-refractivity contribution in [3.63, 3.8) is 0 Å². The number of aromatic nitrogens is 4. The summed E-state index contributed by atoms with van der Waals surface area (Å²) in [6, 6.07) is 7.36. The molecule has 0 spiro atoms. The van der Waals surface area contributed by atoms with Gasteiger partial charge in [-0.3, -0.25) is 14.2 Å². The van der Waals surface area contributed by atoms with E-state index in [9.17, 15) is 18.0 Å². The van der Waals surface area contributed by atoms with Gasteiger partial charge in [-0.25, -0.2) is 13.2 Å². The third-order valence-electron chi connectivity index (χ3n) is 4.41. The number of amides is 1. The monoisotopic (exact) mass is 391 g/mol. The summed E-state index contributed by atoms with van der Waals surface area (Å²) in [6.07, 6.45) is -2.68. The molecule has 1 N–H and O–H groups in total. The van der Waals surface area contributed by atoms with E-state index in [1.54, 1.807) is 30.7 Å². The second-order valence-corrected chi connectivity index (χ2v) is 6.55. The number of hydrogen-bond donors (Lipinski definition) is 1. The Bertz CT molecular complexity index is 992. The second-order valence-electron chi connectivity index (χ2n) is 6.55. The molecular formula is C19H20F3N5O. The highest BCUT2D eigenvalue weighted by Crippen LogP contribution is 2.21. The summed E-state index contributed by atoms with van der Waals surface area (Å²) in [4.78, 5) is 12.4. The van der Waals surface area contributed by atoms with Crippen molar-refractivity contribution in [1.82, 2.24) is 19.6 Å². The van der Waals surface area contributed by atoms with Crippen molar-refractivity contribution in [3.8, 4) is 0 Å². The van der Waals surface area contributed by atoms with E-state index in [2.05, 4.69) is 15.5 Å². The number of halogens is 3. The van der Waals surface area contributed by atoms with Gasteiger partial charge in [0, 0.05) is 5.69 Å². The summed E-state index contributed by atoms with van der Waals surface area (Å²) in [6.45, 7) is 5.44. The maximum atomic E-state index is 13.1. The van der Waals surface area contributed by atoms with E-state index in [1.807, 2.05) is 6.92 Å². The standard InChI is InChI=1S/C19H20F3N5O/c1-11-8-16(19(21)22)25-26(11)10-17(28)23-18-12(2)24-27(13(18)3)9-14-4-6-15(20)7-5-14/h4-8,19H,9-10H2,1-3H3,(H,23,28). The molecule has 0 aliphatic heterocycles. The summed E-state index contributed by atoms with van der Waals surface area (Å²) in [7, 11) is 0. The number of nitrogens with zero attached hydrogens (tertiary/aromatic N) is 4. The molecule has 9 heteroatoms. The van der Waals surface area contributed by atoms with Gasteiger partial charge in [0.05, 0.1) is 23.6 Å². The van der Waals surface area contributed by atoms with Gasteiger partial charge in [0.15, 0.2) is 0 Å². The molecule has 0 unspecified atom stereocenters. The molecule has 0 fully saturated rings. The normalized spacial score (nSPS) is 11.2. The first-order chi connectivity index (χ1) is 13.2. The summed E-state index contributed by atoms with van der Waals surface area (Å²) in [5.41, 5.74) is 2.91. The van der Waals surface area contributed by atoms with Gasteiger partial charge in [0.25, 0.3) is 6.43 Å². The van der Waals surface area contributed by atoms with Crippen LogP contribution in [0.2, 0.25) is 0 Å². The molecule has 28 heavy (non-hydrogen) atoms. The van der Waals surface area contributed by atoms with Crippen molar-refractivity contribution in [3.05, 3.63) is 64.5 Å². The van der Waals surface area contributed by atoms with Crippen molar-refractivity contribution < 1.29 is 18.0 Å². The predicted molar refractivity (Wildman–Crippen MR) is 97.8 cm³/mol. The van der Waals surface area contributed by atoms with Crippen molar-refractivity contribution >= 4 is 11.6 Å². The van der Waals surface area contributed by atoms with Gasteiger partial charge in [-0.2, -0.15) is 10.2 Å². The molecule has 3 rings (SSSR count). The van der Waals surface area contributed by atoms with Crippen molar-refractivity contribution in [2.24, 2.45) is 0 Å². The molecule has 0 aliphatic rings. The van der Waals surface area contributed by atoms with E-state index in [-0.39, 0.29) is 24.0 Å². The minimum absolute atomic E-state index is 0.180. The lowest BCUT2D eigenvalue weighted by Gasteiger charge is -2.08. The minimum atomic E-state index is -2.68. The van der Waals surface area contributed by atoms with Crippen LogP contribution >= 0.6 is 0 Å². The first kappa shape index (κ1) is 19.7. The van der Waals surface area contributed by atoms with Crippen molar-refractivity contribution in [2.75, 3.05) is 5.32 Å². The number of aryl methyl sites for hydroxylation is 2. The average Bonchev–Trinajstić information content (AvgIpc) is 3.12. The van der Waals surface area contributed by atoms with E-state index in [0.717, 1.165) is 11.3 Å². The number of carbonyl (C=O) groups excluding carboxylic acids is 1. The van der Waals surface area contributed by atoms with Crippen LogP contribution in [0.15, 0.2) is 30.3 Å². The van der Waals surface area contributed by atoms with Gasteiger partial charge >= 0.3 is 0 Å². The molecule has 0 atom stereocenters. The maximum Gasteiger partial charge on any atom is 0.282 e. The maximum absolute atomic E-state index is 13.1. The van der Waals surface area contributed by atoms with Crippen LogP contribution in [-0.2, 0) is 17.9 Å². The molecule has 0 radical (unpaired) electrons. The molecule has 0 aliphatic carbocycles. The van der Waals surface area contributed by atoms with Crippen LogP contribution in [-0.4, -0.2) is 25.5 Å². The number of anilines is 1. The Morgan fingerprint density at radius 2 is 1.79 bits per heavy atom. The lowest BCUT2D eigenvalue weighted by molar-refractivity contribution is -0.117. The zero-order valence-electron chi connectivity index (χ0n) is 15.7. The van der Waals surface area contributed by atoms with Crippen LogP contribution in [0, 0.1) is 26.6 Å². The minimum Gasteiger partial charge on any atom is -0.321 e. The molecule has 0 saturated heterocycles. The fourth-order valence-corrected chi connectivity index (χ4v) is 2.91. The average molecular weight is 391 g/mol. The highest BCUT2D eigenvalue weighted by atomic mass is 19.3. The smallest absolute Gasteiger partial charge is 0.282 e. The Labute approximate surface area is 160 Å². The summed E-state index contributed by atoms with van der Waals surface area (Å²) >= 11 is 0. The number of benzene rings is 1. The molecule has 0 bridgehead atoms. The topological polar surface area (TPSA) is 64.7 Å². The SMILES string of the molecule is Cc1nn(Cc2ccc(F)cc2)c(C)c1NC(=O)Cn1nc(C(F)F)cc1C. The lowest BCUT2D eigenvalue weighted by Crippen LogP contribution is -2.21. The fourth-order valence-electron chi connectivity index (χ4n) is 2.91. The van der Waals surface area contributed by atoms with Gasteiger partial charge in [-0.1, -0.05) is 12.1 Å². The van der Waals surface area contributed by atoms with E-state index in [4.69, 9.17) is 0 Å². The number of rotatable bonds is 6. The van der Waals surface area contributed by atoms with Gasteiger partial charge in [0.2, 0.25) is 5.91 Å². The summed E-state index contributed by atoms with van der Waals surface area (Å²) in [5.74, 6) is -0.700. The van der Waals surface area contributed by atoms with Crippen LogP contribution in [0.5, 0.6) is 0 Å². The largest absolute Gasteiger partial charge is 0.321 e. The third-order valence-corrected chi connectivity index (χ3v) is 4.41. The molecule has 0 saturated carbocycles. The van der Waals surface area contributed by atoms with E-state index < -0.39 is 6.43 Å². The third kappa shape index (κ3) is 4.24. The highest BCUT2D eigenvalue weighted by molar-refractivity contribution is 5.91. The number of hydrogen-bond acceptors (Lipinski definition) is 3. The molecular weight excluding hydrogens is 371 g/mol. The number of alkyl halides is 2. The zero-order chi connectivity index (χ0) is 20.4. The predicted octanol–water partition coefficient (Wildman–Crippen LogP) is 3.77. The van der Waals surface area contributed by atoms with Crippen LogP contribution < -0.4 is 5.32 Å². The second kappa shape index (κ2) is 7.87. The molecule has 6 nitrogen and oxygen atoms in total. The van der Waals surface area contributed by atoms with Crippen LogP contribution in [0.4, 0.5) is 18.9 Å². The van der Waals surface area contributed by atoms with Gasteiger partial charge < -0.3 is 5.32 Å². The first-order valence-electron chi connectivity index (χ1n) is 8.65. The Kier molecular flexibility index (Phi) is 5.53.